The van der Waals surface area contributed by atoms with Crippen LogP contribution >= 0.6 is 31.9 Å². The molecule has 118 valence electrons. The summed E-state index contributed by atoms with van der Waals surface area (Å²) in [4.78, 5) is 0.158. The SMILES string of the molecule is C[C@@H](OS(=O)(=O)c1ccc(Br)cc1)[C@@H](C)c1ccc(Br)cc1. The molecule has 0 saturated carbocycles. The third-order valence-corrected chi connectivity index (χ3v) is 5.94. The zero-order chi connectivity index (χ0) is 16.3. The molecule has 0 unspecified atom stereocenters. The second-order valence-corrected chi connectivity index (χ2v) is 8.45. The predicted octanol–water partition coefficient (Wildman–Crippen LogP) is 5.11. The maximum Gasteiger partial charge on any atom is 0.297 e. The van der Waals surface area contributed by atoms with Crippen molar-refractivity contribution >= 4 is 42.0 Å². The number of hydrogen-bond donors (Lipinski definition) is 0. The average Bonchev–Trinajstić information content (AvgIpc) is 2.47. The summed E-state index contributed by atoms with van der Waals surface area (Å²) < 4.78 is 31.8. The molecule has 0 amide bonds. The van der Waals surface area contributed by atoms with Crippen LogP contribution in [0.4, 0.5) is 0 Å². The van der Waals surface area contributed by atoms with Crippen LogP contribution in [0.3, 0.4) is 0 Å². The fourth-order valence-corrected chi connectivity index (χ4v) is 3.65. The van der Waals surface area contributed by atoms with Gasteiger partial charge in [0.05, 0.1) is 11.0 Å². The van der Waals surface area contributed by atoms with Crippen molar-refractivity contribution in [1.82, 2.24) is 0 Å². The van der Waals surface area contributed by atoms with Crippen molar-refractivity contribution < 1.29 is 12.6 Å². The van der Waals surface area contributed by atoms with Crippen LogP contribution in [0, 0.1) is 0 Å². The van der Waals surface area contributed by atoms with E-state index in [9.17, 15) is 8.42 Å². The van der Waals surface area contributed by atoms with Crippen LogP contribution in [0.2, 0.25) is 0 Å². The van der Waals surface area contributed by atoms with Gasteiger partial charge in [0, 0.05) is 14.9 Å². The van der Waals surface area contributed by atoms with E-state index in [1.165, 1.54) is 12.1 Å². The Morgan fingerprint density at radius 3 is 1.82 bits per heavy atom. The van der Waals surface area contributed by atoms with Gasteiger partial charge in [-0.25, -0.2) is 0 Å². The van der Waals surface area contributed by atoms with Crippen molar-refractivity contribution in [1.29, 1.82) is 0 Å². The second kappa shape index (κ2) is 7.25. The van der Waals surface area contributed by atoms with Crippen molar-refractivity contribution in [2.24, 2.45) is 0 Å². The Hall–Kier alpha value is -0.690. The van der Waals surface area contributed by atoms with Gasteiger partial charge in [0.25, 0.3) is 10.1 Å². The predicted molar refractivity (Wildman–Crippen MR) is 94.4 cm³/mol. The largest absolute Gasteiger partial charge is 0.297 e. The van der Waals surface area contributed by atoms with Gasteiger partial charge < -0.3 is 0 Å². The van der Waals surface area contributed by atoms with E-state index in [2.05, 4.69) is 31.9 Å². The molecule has 2 aromatic rings. The maximum absolute atomic E-state index is 12.3. The number of halogens is 2. The van der Waals surface area contributed by atoms with Crippen LogP contribution in [0.25, 0.3) is 0 Å². The Labute approximate surface area is 148 Å². The molecule has 0 aromatic heterocycles. The van der Waals surface area contributed by atoms with E-state index >= 15 is 0 Å². The molecule has 0 heterocycles. The number of benzene rings is 2. The monoisotopic (exact) mass is 446 g/mol. The first-order valence-corrected chi connectivity index (χ1v) is 9.73. The molecular formula is C16H16Br2O3S. The standard InChI is InChI=1S/C16H16Br2O3S/c1-11(13-3-5-14(17)6-4-13)12(2)21-22(19,20)16-9-7-15(18)8-10-16/h3-12H,1-2H3/t11-,12-/m1/s1. The van der Waals surface area contributed by atoms with Crippen molar-refractivity contribution in [2.45, 2.75) is 30.8 Å². The first-order valence-electron chi connectivity index (χ1n) is 6.74. The lowest BCUT2D eigenvalue weighted by Crippen LogP contribution is -2.21. The van der Waals surface area contributed by atoms with E-state index in [0.29, 0.717) is 0 Å². The molecule has 6 heteroatoms. The summed E-state index contributed by atoms with van der Waals surface area (Å²) in [7, 11) is -3.77. The summed E-state index contributed by atoms with van der Waals surface area (Å²) in [5, 5.41) is 0. The number of hydrogen-bond acceptors (Lipinski definition) is 3. The molecule has 0 aliphatic heterocycles. The molecule has 0 aliphatic rings. The van der Waals surface area contributed by atoms with Gasteiger partial charge in [-0.1, -0.05) is 50.9 Å². The van der Waals surface area contributed by atoms with Crippen LogP contribution in [0.1, 0.15) is 25.3 Å². The van der Waals surface area contributed by atoms with Crippen LogP contribution < -0.4 is 0 Å². The smallest absolute Gasteiger partial charge is 0.263 e. The Kier molecular flexibility index (Phi) is 5.82. The Bertz CT molecular complexity index is 725. The first-order chi connectivity index (χ1) is 10.3. The minimum absolute atomic E-state index is 0.0432. The van der Waals surface area contributed by atoms with Gasteiger partial charge >= 0.3 is 0 Å². The summed E-state index contributed by atoms with van der Waals surface area (Å²) in [5.41, 5.74) is 1.03. The third kappa shape index (κ3) is 4.41. The molecule has 0 saturated heterocycles. The van der Waals surface area contributed by atoms with Gasteiger partial charge in [-0.2, -0.15) is 8.42 Å². The molecule has 0 aliphatic carbocycles. The van der Waals surface area contributed by atoms with Crippen LogP contribution in [0.15, 0.2) is 62.4 Å². The lowest BCUT2D eigenvalue weighted by atomic mass is 9.97. The Morgan fingerprint density at radius 1 is 0.864 bits per heavy atom. The van der Waals surface area contributed by atoms with E-state index in [1.54, 1.807) is 19.1 Å². The molecular weight excluding hydrogens is 432 g/mol. The van der Waals surface area contributed by atoms with Crippen molar-refractivity contribution in [3.8, 4) is 0 Å². The minimum atomic E-state index is -3.77. The highest BCUT2D eigenvalue weighted by Crippen LogP contribution is 2.26. The molecule has 2 aromatic carbocycles. The van der Waals surface area contributed by atoms with Crippen LogP contribution in [-0.4, -0.2) is 14.5 Å². The Morgan fingerprint density at radius 2 is 1.32 bits per heavy atom. The van der Waals surface area contributed by atoms with Gasteiger partial charge in [0.15, 0.2) is 0 Å². The molecule has 0 spiro atoms. The van der Waals surface area contributed by atoms with Crippen LogP contribution in [0.5, 0.6) is 0 Å². The summed E-state index contributed by atoms with van der Waals surface area (Å²) in [5.74, 6) is -0.0432. The molecule has 0 N–H and O–H groups in total. The summed E-state index contributed by atoms with van der Waals surface area (Å²) >= 11 is 6.67. The molecule has 2 rings (SSSR count). The van der Waals surface area contributed by atoms with E-state index in [-0.39, 0.29) is 10.8 Å². The molecule has 0 bridgehead atoms. The van der Waals surface area contributed by atoms with Gasteiger partial charge in [-0.15, -0.1) is 0 Å². The first kappa shape index (κ1) is 17.7. The minimum Gasteiger partial charge on any atom is -0.263 e. The normalized spacial score (nSPS) is 14.5. The fraction of sp³-hybridized carbons (Fsp3) is 0.250. The quantitative estimate of drug-likeness (QED) is 0.598. The molecule has 22 heavy (non-hydrogen) atoms. The topological polar surface area (TPSA) is 43.4 Å². The Balaban J connectivity index is 2.14. The summed E-state index contributed by atoms with van der Waals surface area (Å²) in [6.45, 7) is 3.72. The lowest BCUT2D eigenvalue weighted by molar-refractivity contribution is 0.203. The van der Waals surface area contributed by atoms with Gasteiger partial charge in [-0.3, -0.25) is 4.18 Å². The summed E-state index contributed by atoms with van der Waals surface area (Å²) in [6, 6.07) is 14.2. The molecule has 3 nitrogen and oxygen atoms in total. The van der Waals surface area contributed by atoms with Crippen LogP contribution in [-0.2, 0) is 14.3 Å². The zero-order valence-electron chi connectivity index (χ0n) is 12.2. The van der Waals surface area contributed by atoms with E-state index in [1.807, 2.05) is 31.2 Å². The summed E-state index contributed by atoms with van der Waals surface area (Å²) in [6.07, 6.45) is -0.463. The lowest BCUT2D eigenvalue weighted by Gasteiger charge is -2.20. The molecule has 0 radical (unpaired) electrons. The second-order valence-electron chi connectivity index (χ2n) is 5.05. The van der Waals surface area contributed by atoms with E-state index in [0.717, 1.165) is 14.5 Å². The van der Waals surface area contributed by atoms with Gasteiger partial charge in [0.2, 0.25) is 0 Å². The maximum atomic E-state index is 12.3. The van der Waals surface area contributed by atoms with Gasteiger partial charge in [-0.05, 0) is 48.9 Å². The number of rotatable bonds is 5. The van der Waals surface area contributed by atoms with Gasteiger partial charge in [0.1, 0.15) is 0 Å². The highest BCUT2D eigenvalue weighted by atomic mass is 79.9. The highest BCUT2D eigenvalue weighted by molar-refractivity contribution is 9.10. The highest BCUT2D eigenvalue weighted by Gasteiger charge is 2.23. The molecule has 2 atom stereocenters. The van der Waals surface area contributed by atoms with E-state index in [4.69, 9.17) is 4.18 Å². The third-order valence-electron chi connectivity index (χ3n) is 3.48. The van der Waals surface area contributed by atoms with E-state index < -0.39 is 16.2 Å². The molecule has 0 fully saturated rings. The van der Waals surface area contributed by atoms with Crippen molar-refractivity contribution in [2.75, 3.05) is 0 Å². The average molecular weight is 448 g/mol. The van der Waals surface area contributed by atoms with Crippen molar-refractivity contribution in [3.05, 3.63) is 63.0 Å². The van der Waals surface area contributed by atoms with Crippen molar-refractivity contribution in [3.63, 3.8) is 0 Å². The zero-order valence-corrected chi connectivity index (χ0v) is 16.2. The fourth-order valence-electron chi connectivity index (χ4n) is 1.98.